The first-order valence-electron chi connectivity index (χ1n) is 10.3. The number of hydrazone groups is 1. The Kier molecular flexibility index (Phi) is 5.62. The quantitative estimate of drug-likeness (QED) is 0.340. The number of para-hydroxylation sites is 1. The zero-order chi connectivity index (χ0) is 20.5. The number of hydrogen-bond donors (Lipinski definition) is 0. The van der Waals surface area contributed by atoms with E-state index in [1.165, 1.54) is 35.3 Å². The van der Waals surface area contributed by atoms with E-state index in [0.717, 1.165) is 21.1 Å². The van der Waals surface area contributed by atoms with Crippen LogP contribution in [0.2, 0.25) is 0 Å². The van der Waals surface area contributed by atoms with Gasteiger partial charge in [-0.1, -0.05) is 74.3 Å². The van der Waals surface area contributed by atoms with Gasteiger partial charge in [0.1, 0.15) is 0 Å². The Morgan fingerprint density at radius 3 is 2.20 bits per heavy atom. The number of rotatable bonds is 3. The van der Waals surface area contributed by atoms with Crippen LogP contribution in [0.1, 0.15) is 36.4 Å². The zero-order valence-corrected chi connectivity index (χ0v) is 19.7. The van der Waals surface area contributed by atoms with Crippen LogP contribution in [-0.4, -0.2) is 5.71 Å². The van der Waals surface area contributed by atoms with Gasteiger partial charge in [0.25, 0.3) is 0 Å². The van der Waals surface area contributed by atoms with Crippen LogP contribution in [0, 0.1) is 5.92 Å². The molecule has 1 aliphatic carbocycles. The van der Waals surface area contributed by atoms with Gasteiger partial charge in [0.05, 0.1) is 17.4 Å². The molecule has 30 heavy (non-hydrogen) atoms. The van der Waals surface area contributed by atoms with E-state index in [9.17, 15) is 0 Å². The molecule has 1 saturated carbocycles. The van der Waals surface area contributed by atoms with Crippen molar-refractivity contribution in [3.8, 4) is 0 Å². The summed E-state index contributed by atoms with van der Waals surface area (Å²) in [6, 6.07) is 28.1. The van der Waals surface area contributed by atoms with Crippen molar-refractivity contribution in [1.82, 2.24) is 0 Å². The molecule has 4 heteroatoms. The van der Waals surface area contributed by atoms with E-state index in [1.807, 2.05) is 0 Å². The summed E-state index contributed by atoms with van der Waals surface area (Å²) in [6.45, 7) is 0. The Labute approximate surface area is 194 Å². The summed E-state index contributed by atoms with van der Waals surface area (Å²) in [5.74, 6) is 0.404. The monoisotopic (exact) mass is 520 g/mol. The molecule has 150 valence electrons. The van der Waals surface area contributed by atoms with E-state index in [2.05, 4.69) is 122 Å². The summed E-state index contributed by atoms with van der Waals surface area (Å²) in [5.41, 5.74) is 6.32. The van der Waals surface area contributed by atoms with E-state index in [4.69, 9.17) is 5.10 Å². The second-order valence-corrected chi connectivity index (χ2v) is 9.71. The molecule has 1 fully saturated rings. The third-order valence-corrected chi connectivity index (χ3v) is 7.00. The van der Waals surface area contributed by atoms with E-state index >= 15 is 0 Å². The van der Waals surface area contributed by atoms with Crippen molar-refractivity contribution < 1.29 is 0 Å². The van der Waals surface area contributed by atoms with Gasteiger partial charge in [0.2, 0.25) is 0 Å². The molecular formula is C26H22Br2N2. The lowest BCUT2D eigenvalue weighted by atomic mass is 9.77. The van der Waals surface area contributed by atoms with Crippen molar-refractivity contribution in [3.05, 3.63) is 105 Å². The Morgan fingerprint density at radius 2 is 1.50 bits per heavy atom. The maximum absolute atomic E-state index is 5.22. The molecule has 0 amide bonds. The van der Waals surface area contributed by atoms with Crippen molar-refractivity contribution in [3.63, 3.8) is 0 Å². The maximum atomic E-state index is 5.22. The first-order chi connectivity index (χ1) is 14.7. The molecule has 2 aliphatic rings. The molecule has 3 aromatic carbocycles. The second-order valence-electron chi connectivity index (χ2n) is 7.88. The molecule has 3 aromatic rings. The predicted octanol–water partition coefficient (Wildman–Crippen LogP) is 8.01. The molecule has 1 heterocycles. The lowest BCUT2D eigenvalue weighted by Gasteiger charge is -2.30. The number of anilines is 1. The van der Waals surface area contributed by atoms with Gasteiger partial charge in [0.15, 0.2) is 0 Å². The minimum absolute atomic E-state index is 0.226. The standard InChI is InChI=1S/C26H22Br2N2/c27-21-13-9-18(10-14-21)17-20-5-4-8-24-25(20)29-30(23-6-2-1-3-7-23)26(24)19-11-15-22(28)16-12-19/h1-3,6-7,9-17,24,26H,4-5,8H2/t24-,26-/m0/s1. The van der Waals surface area contributed by atoms with Crippen molar-refractivity contribution >= 4 is 49.3 Å². The summed E-state index contributed by atoms with van der Waals surface area (Å²) in [7, 11) is 0. The third kappa shape index (κ3) is 3.91. The number of hydrogen-bond acceptors (Lipinski definition) is 2. The molecular weight excluding hydrogens is 500 g/mol. The fourth-order valence-corrected chi connectivity index (χ4v) is 5.08. The van der Waals surface area contributed by atoms with Gasteiger partial charge in [0, 0.05) is 14.9 Å². The fourth-order valence-electron chi connectivity index (χ4n) is 4.55. The van der Waals surface area contributed by atoms with Crippen LogP contribution in [0.25, 0.3) is 6.08 Å². The van der Waals surface area contributed by atoms with Gasteiger partial charge in [-0.3, -0.25) is 5.01 Å². The van der Waals surface area contributed by atoms with Crippen LogP contribution in [0.4, 0.5) is 5.69 Å². The normalized spacial score (nSPS) is 22.1. The van der Waals surface area contributed by atoms with Crippen LogP contribution in [0.3, 0.4) is 0 Å². The average molecular weight is 522 g/mol. The molecule has 0 saturated heterocycles. The second kappa shape index (κ2) is 8.52. The number of nitrogens with zero attached hydrogens (tertiary/aromatic N) is 2. The van der Waals surface area contributed by atoms with Gasteiger partial charge in [-0.25, -0.2) is 0 Å². The fraction of sp³-hybridized carbons (Fsp3) is 0.192. The van der Waals surface area contributed by atoms with Crippen molar-refractivity contribution in [2.75, 3.05) is 5.01 Å². The number of benzene rings is 3. The van der Waals surface area contributed by atoms with Crippen molar-refractivity contribution in [2.24, 2.45) is 11.0 Å². The van der Waals surface area contributed by atoms with Gasteiger partial charge >= 0.3 is 0 Å². The Morgan fingerprint density at radius 1 is 0.833 bits per heavy atom. The molecule has 0 bridgehead atoms. The van der Waals surface area contributed by atoms with Crippen molar-refractivity contribution in [1.29, 1.82) is 0 Å². The highest BCUT2D eigenvalue weighted by Crippen LogP contribution is 2.46. The van der Waals surface area contributed by atoms with Gasteiger partial charge in [-0.05, 0) is 78.4 Å². The molecule has 1 aliphatic heterocycles. The Balaban J connectivity index is 1.58. The minimum atomic E-state index is 0.226. The molecule has 0 spiro atoms. The lowest BCUT2D eigenvalue weighted by molar-refractivity contribution is 0.488. The topological polar surface area (TPSA) is 15.6 Å². The Bertz CT molecular complexity index is 1090. The highest BCUT2D eigenvalue weighted by molar-refractivity contribution is 9.10. The van der Waals surface area contributed by atoms with Gasteiger partial charge in [-0.2, -0.15) is 5.10 Å². The summed E-state index contributed by atoms with van der Waals surface area (Å²) < 4.78 is 2.21. The highest BCUT2D eigenvalue weighted by Gasteiger charge is 2.41. The van der Waals surface area contributed by atoms with E-state index in [-0.39, 0.29) is 6.04 Å². The predicted molar refractivity (Wildman–Crippen MR) is 133 cm³/mol. The molecule has 0 N–H and O–H groups in total. The largest absolute Gasteiger partial charge is 0.257 e. The van der Waals surface area contributed by atoms with Crippen LogP contribution in [0.15, 0.2) is 98.5 Å². The number of fused-ring (bicyclic) bond motifs is 1. The van der Waals surface area contributed by atoms with Crippen LogP contribution in [-0.2, 0) is 0 Å². The van der Waals surface area contributed by atoms with Gasteiger partial charge in [-0.15, -0.1) is 0 Å². The highest BCUT2D eigenvalue weighted by atomic mass is 79.9. The molecule has 0 unspecified atom stereocenters. The summed E-state index contributed by atoms with van der Waals surface area (Å²) >= 11 is 7.11. The summed E-state index contributed by atoms with van der Waals surface area (Å²) in [6.07, 6.45) is 5.77. The smallest absolute Gasteiger partial charge is 0.0859 e. The van der Waals surface area contributed by atoms with E-state index in [1.54, 1.807) is 0 Å². The number of allylic oxidation sites excluding steroid dienone is 1. The van der Waals surface area contributed by atoms with Crippen LogP contribution in [0.5, 0.6) is 0 Å². The van der Waals surface area contributed by atoms with E-state index < -0.39 is 0 Å². The third-order valence-electron chi connectivity index (χ3n) is 5.94. The first-order valence-corrected chi connectivity index (χ1v) is 11.9. The van der Waals surface area contributed by atoms with Crippen LogP contribution >= 0.6 is 31.9 Å². The minimum Gasteiger partial charge on any atom is -0.257 e. The summed E-state index contributed by atoms with van der Waals surface area (Å²) in [4.78, 5) is 0. The van der Waals surface area contributed by atoms with Crippen molar-refractivity contribution in [2.45, 2.75) is 25.3 Å². The summed E-state index contributed by atoms with van der Waals surface area (Å²) in [5, 5.41) is 7.46. The number of halogens is 2. The zero-order valence-electron chi connectivity index (χ0n) is 16.5. The molecule has 2 atom stereocenters. The van der Waals surface area contributed by atoms with Gasteiger partial charge < -0.3 is 0 Å². The molecule has 0 radical (unpaired) electrons. The average Bonchev–Trinajstić information content (AvgIpc) is 3.17. The SMILES string of the molecule is Brc1ccc(C=C2CCC[C@H]3C2=NN(c2ccccc2)[C@H]3c2ccc(Br)cc2)cc1. The Hall–Kier alpha value is -2.17. The maximum Gasteiger partial charge on any atom is 0.0859 e. The molecule has 2 nitrogen and oxygen atoms in total. The lowest BCUT2D eigenvalue weighted by Crippen LogP contribution is -2.28. The molecule has 5 rings (SSSR count). The van der Waals surface area contributed by atoms with Crippen LogP contribution < -0.4 is 5.01 Å². The van der Waals surface area contributed by atoms with E-state index in [0.29, 0.717) is 5.92 Å². The first kappa shape index (κ1) is 19.8. The molecule has 0 aromatic heterocycles.